The first-order valence-corrected chi connectivity index (χ1v) is 14.5. The second kappa shape index (κ2) is 12.8. The van der Waals surface area contributed by atoms with E-state index in [0.29, 0.717) is 18.8 Å². The summed E-state index contributed by atoms with van der Waals surface area (Å²) in [6.07, 6.45) is 0.541. The molecule has 0 aliphatic rings. The van der Waals surface area contributed by atoms with E-state index in [4.69, 9.17) is 9.84 Å². The maximum atomic E-state index is 12.6. The lowest BCUT2D eigenvalue weighted by molar-refractivity contribution is 0.246. The third-order valence-electron chi connectivity index (χ3n) is 6.40. The van der Waals surface area contributed by atoms with E-state index in [2.05, 4.69) is 29.1 Å². The lowest BCUT2D eigenvalue weighted by atomic mass is 10.0. The Kier molecular flexibility index (Phi) is 9.23. The van der Waals surface area contributed by atoms with Crippen LogP contribution in [0.1, 0.15) is 17.0 Å². The maximum Gasteiger partial charge on any atom is 0.328 e. The molecular weight excluding hydrogens is 526 g/mol. The second-order valence-corrected chi connectivity index (χ2v) is 11.4. The molecule has 1 aromatic heterocycles. The number of rotatable bonds is 11. The van der Waals surface area contributed by atoms with E-state index in [0.717, 1.165) is 40.3 Å². The maximum absolute atomic E-state index is 12.6. The predicted octanol–water partition coefficient (Wildman–Crippen LogP) is 4.33. The van der Waals surface area contributed by atoms with Gasteiger partial charge in [0.2, 0.25) is 0 Å². The molecule has 210 valence electrons. The molecule has 40 heavy (non-hydrogen) atoms. The number of benzene rings is 3. The summed E-state index contributed by atoms with van der Waals surface area (Å²) < 4.78 is 34.7. The molecule has 0 saturated heterocycles. The number of hydrogen-bond donors (Lipinski definition) is 2. The van der Waals surface area contributed by atoms with E-state index in [9.17, 15) is 13.2 Å². The Morgan fingerprint density at radius 3 is 2.27 bits per heavy atom. The number of nitrogens with one attached hydrogen (secondary N) is 2. The highest BCUT2D eigenvalue weighted by Gasteiger charge is 2.18. The first kappa shape index (κ1) is 28.8. The summed E-state index contributed by atoms with van der Waals surface area (Å²) in [5.41, 5.74) is 6.22. The fourth-order valence-corrected chi connectivity index (χ4v) is 5.25. The summed E-state index contributed by atoms with van der Waals surface area (Å²) in [5.74, 6) is 0.561. The van der Waals surface area contributed by atoms with Crippen LogP contribution < -0.4 is 14.8 Å². The molecule has 0 aliphatic heterocycles. The first-order chi connectivity index (χ1) is 19.1. The van der Waals surface area contributed by atoms with E-state index in [1.54, 1.807) is 12.1 Å². The van der Waals surface area contributed by atoms with Crippen LogP contribution in [0.5, 0.6) is 5.75 Å². The molecule has 0 atom stereocenters. The Morgan fingerprint density at radius 1 is 0.950 bits per heavy atom. The summed E-state index contributed by atoms with van der Waals surface area (Å²) >= 11 is 0. The van der Waals surface area contributed by atoms with Crippen LogP contribution in [0, 0.1) is 13.8 Å². The average Bonchev–Trinajstić information content (AvgIpc) is 3.23. The number of likely N-dealkylation sites (N-methyl/N-ethyl adjacent to an activating group) is 1. The zero-order chi connectivity index (χ0) is 28.7. The molecule has 0 unspecified atom stereocenters. The lowest BCUT2D eigenvalue weighted by Gasteiger charge is -2.12. The number of amides is 2. The average molecular weight is 562 g/mol. The largest absolute Gasteiger partial charge is 0.492 e. The number of aromatic nitrogens is 2. The third-order valence-corrected chi connectivity index (χ3v) is 7.75. The zero-order valence-corrected chi connectivity index (χ0v) is 24.0. The molecule has 1 heterocycles. The van der Waals surface area contributed by atoms with Crippen molar-refractivity contribution in [2.24, 2.45) is 0 Å². The van der Waals surface area contributed by atoms with Gasteiger partial charge < -0.3 is 15.0 Å². The number of aryl methyl sites for hydroxylation is 1. The molecular formula is C30H35N5O4S. The minimum absolute atomic E-state index is 0.0160. The van der Waals surface area contributed by atoms with Crippen molar-refractivity contribution < 1.29 is 17.9 Å². The van der Waals surface area contributed by atoms with Crippen molar-refractivity contribution in [2.75, 3.05) is 33.8 Å². The summed E-state index contributed by atoms with van der Waals surface area (Å²) in [4.78, 5) is 14.3. The quantitative estimate of drug-likeness (QED) is 0.283. The molecule has 4 rings (SSSR count). The Morgan fingerprint density at radius 2 is 1.62 bits per heavy atom. The van der Waals surface area contributed by atoms with E-state index in [1.807, 2.05) is 73.1 Å². The number of hydrogen-bond acceptors (Lipinski definition) is 6. The normalized spacial score (nSPS) is 11.4. The Balaban J connectivity index is 1.29. The standard InChI is InChI=1S/C30H35N5O4S/c1-22-29(25-8-6-5-7-9-25)23(2)35(32-22)26-12-10-24(11-13-26)18-19-31-30(36)33-40(37,38)28-16-14-27(15-17-28)39-21-20-34(3)4/h5-17H,18-21H2,1-4H3,(H2,31,33,36). The van der Waals surface area contributed by atoms with Crippen LogP contribution in [0.15, 0.2) is 83.8 Å². The van der Waals surface area contributed by atoms with Gasteiger partial charge in [0.05, 0.1) is 16.3 Å². The summed E-state index contributed by atoms with van der Waals surface area (Å²) in [6, 6.07) is 23.3. The molecule has 9 nitrogen and oxygen atoms in total. The predicted molar refractivity (Wildman–Crippen MR) is 156 cm³/mol. The highest BCUT2D eigenvalue weighted by Crippen LogP contribution is 2.28. The SMILES string of the molecule is Cc1nn(-c2ccc(CCNC(=O)NS(=O)(=O)c3ccc(OCCN(C)C)cc3)cc2)c(C)c1-c1ccccc1. The summed E-state index contributed by atoms with van der Waals surface area (Å²) in [7, 11) is -0.120. The molecule has 0 aliphatic carbocycles. The van der Waals surface area contributed by atoms with E-state index in [-0.39, 0.29) is 11.4 Å². The first-order valence-electron chi connectivity index (χ1n) is 13.0. The fraction of sp³-hybridized carbons (Fsp3) is 0.267. The van der Waals surface area contributed by atoms with Crippen LogP contribution >= 0.6 is 0 Å². The molecule has 0 fully saturated rings. The number of nitrogens with zero attached hydrogens (tertiary/aromatic N) is 3. The van der Waals surface area contributed by atoms with Gasteiger partial charge in [-0.3, -0.25) is 0 Å². The smallest absolute Gasteiger partial charge is 0.328 e. The van der Waals surface area contributed by atoms with Crippen molar-refractivity contribution in [3.63, 3.8) is 0 Å². The number of carbonyl (C=O) groups is 1. The Bertz CT molecular complexity index is 1530. The Hall–Kier alpha value is -4.15. The van der Waals surface area contributed by atoms with Crippen LogP contribution in [0.25, 0.3) is 16.8 Å². The Labute approximate surface area is 235 Å². The number of urea groups is 1. The topological polar surface area (TPSA) is 106 Å². The van der Waals surface area contributed by atoms with Gasteiger partial charge in [-0.05, 0) is 81.9 Å². The minimum Gasteiger partial charge on any atom is -0.492 e. The molecule has 2 N–H and O–H groups in total. The van der Waals surface area contributed by atoms with Gasteiger partial charge in [0, 0.05) is 24.3 Å². The highest BCUT2D eigenvalue weighted by atomic mass is 32.2. The van der Waals surface area contributed by atoms with Crippen molar-refractivity contribution in [1.29, 1.82) is 0 Å². The molecule has 4 aromatic rings. The van der Waals surface area contributed by atoms with Gasteiger partial charge in [0.25, 0.3) is 10.0 Å². The van der Waals surface area contributed by atoms with Crippen LogP contribution in [0.2, 0.25) is 0 Å². The van der Waals surface area contributed by atoms with Crippen molar-refractivity contribution in [2.45, 2.75) is 25.2 Å². The molecule has 10 heteroatoms. The lowest BCUT2D eigenvalue weighted by Crippen LogP contribution is -2.40. The van der Waals surface area contributed by atoms with Gasteiger partial charge >= 0.3 is 6.03 Å². The van der Waals surface area contributed by atoms with Crippen LogP contribution in [-0.2, 0) is 16.4 Å². The van der Waals surface area contributed by atoms with Crippen LogP contribution in [-0.4, -0.2) is 62.9 Å². The monoisotopic (exact) mass is 561 g/mol. The van der Waals surface area contributed by atoms with Crippen LogP contribution in [0.4, 0.5) is 4.79 Å². The van der Waals surface area contributed by atoms with Gasteiger partial charge in [-0.1, -0.05) is 42.5 Å². The molecule has 0 saturated carbocycles. The van der Waals surface area contributed by atoms with E-state index < -0.39 is 16.1 Å². The van der Waals surface area contributed by atoms with Crippen molar-refractivity contribution in [1.82, 2.24) is 24.7 Å². The van der Waals surface area contributed by atoms with Crippen molar-refractivity contribution in [3.8, 4) is 22.6 Å². The molecule has 3 aromatic carbocycles. The van der Waals surface area contributed by atoms with Crippen molar-refractivity contribution >= 4 is 16.1 Å². The number of ether oxygens (including phenoxy) is 1. The van der Waals surface area contributed by atoms with E-state index in [1.165, 1.54) is 12.1 Å². The van der Waals surface area contributed by atoms with Gasteiger partial charge in [-0.15, -0.1) is 0 Å². The van der Waals surface area contributed by atoms with Gasteiger partial charge in [-0.25, -0.2) is 22.6 Å². The van der Waals surface area contributed by atoms with Gasteiger partial charge in [0.15, 0.2) is 0 Å². The van der Waals surface area contributed by atoms with Gasteiger partial charge in [0.1, 0.15) is 12.4 Å². The fourth-order valence-electron chi connectivity index (χ4n) is 4.32. The highest BCUT2D eigenvalue weighted by molar-refractivity contribution is 7.90. The van der Waals surface area contributed by atoms with E-state index >= 15 is 0 Å². The summed E-state index contributed by atoms with van der Waals surface area (Å²) in [5, 5.41) is 7.36. The van der Waals surface area contributed by atoms with Crippen LogP contribution in [0.3, 0.4) is 0 Å². The zero-order valence-electron chi connectivity index (χ0n) is 23.2. The van der Waals surface area contributed by atoms with Gasteiger partial charge in [-0.2, -0.15) is 5.10 Å². The molecule has 0 bridgehead atoms. The third kappa shape index (κ3) is 7.28. The minimum atomic E-state index is -4.00. The number of carbonyl (C=O) groups excluding carboxylic acids is 1. The number of sulfonamides is 1. The molecule has 0 spiro atoms. The van der Waals surface area contributed by atoms with Crippen molar-refractivity contribution in [3.05, 3.63) is 95.8 Å². The second-order valence-electron chi connectivity index (χ2n) is 9.72. The molecule has 2 amide bonds. The molecule has 0 radical (unpaired) electrons. The summed E-state index contributed by atoms with van der Waals surface area (Å²) in [6.45, 7) is 5.57.